The molecule has 2 atom stereocenters. The van der Waals surface area contributed by atoms with Crippen molar-refractivity contribution in [1.82, 2.24) is 0 Å². The van der Waals surface area contributed by atoms with E-state index in [9.17, 15) is 0 Å². The lowest BCUT2D eigenvalue weighted by Crippen LogP contribution is -2.42. The van der Waals surface area contributed by atoms with Gasteiger partial charge in [-0.1, -0.05) is 65.1 Å². The number of hydrogen-bond donors (Lipinski definition) is 1. The van der Waals surface area contributed by atoms with Gasteiger partial charge in [-0.15, -0.1) is 11.6 Å². The third-order valence-electron chi connectivity index (χ3n) is 3.91. The maximum Gasteiger partial charge on any atom is 0.115 e. The molecule has 2 aromatic rings. The highest BCUT2D eigenvalue weighted by atomic mass is 35.5. The fourth-order valence-corrected chi connectivity index (χ4v) is 3.78. The summed E-state index contributed by atoms with van der Waals surface area (Å²) in [5.74, 6) is 0. The van der Waals surface area contributed by atoms with Gasteiger partial charge in [-0.3, -0.25) is 0 Å². The molecule has 0 saturated heterocycles. The third-order valence-corrected chi connectivity index (χ3v) is 5.39. The molecule has 0 aromatic heterocycles. The average molecular weight is 385 g/mol. The van der Waals surface area contributed by atoms with Crippen molar-refractivity contribution in [2.45, 2.75) is 10.9 Å². The van der Waals surface area contributed by atoms with Crippen LogP contribution in [-0.4, -0.2) is 6.04 Å². The number of benzene rings is 2. The second-order valence-corrected chi connectivity index (χ2v) is 7.21. The number of rotatable bonds is 2. The monoisotopic (exact) mass is 383 g/mol. The minimum atomic E-state index is -0.982. The van der Waals surface area contributed by atoms with E-state index in [0.29, 0.717) is 15.1 Å². The van der Waals surface area contributed by atoms with Crippen molar-refractivity contribution >= 4 is 52.0 Å². The average Bonchev–Trinajstić information content (AvgIpc) is 2.54. The molecular weight excluding hydrogens is 372 g/mol. The molecule has 5 heteroatoms. The number of halogens is 4. The Hall–Kier alpha value is -0.960. The molecule has 1 nitrogen and oxygen atoms in total. The van der Waals surface area contributed by atoms with Crippen molar-refractivity contribution in [3.63, 3.8) is 0 Å². The summed E-state index contributed by atoms with van der Waals surface area (Å²) < 4.78 is 0. The Labute approximate surface area is 155 Å². The number of hydrogen-bond acceptors (Lipinski definition) is 1. The van der Waals surface area contributed by atoms with Crippen molar-refractivity contribution in [1.29, 1.82) is 0 Å². The molecule has 0 saturated carbocycles. The summed E-state index contributed by atoms with van der Waals surface area (Å²) in [5, 5.41) is 1.84. The van der Waals surface area contributed by atoms with Gasteiger partial charge < -0.3 is 5.73 Å². The van der Waals surface area contributed by atoms with E-state index >= 15 is 0 Å². The van der Waals surface area contributed by atoms with Crippen LogP contribution in [0, 0.1) is 0 Å². The van der Waals surface area contributed by atoms with Crippen LogP contribution in [0.2, 0.25) is 10.0 Å². The molecule has 2 unspecified atom stereocenters. The molecule has 1 aliphatic carbocycles. The molecule has 1 aliphatic rings. The Morgan fingerprint density at radius 2 is 1.35 bits per heavy atom. The Bertz CT molecular complexity index is 778. The number of alkyl halides is 1. The SMILES string of the molecule is NC1C=CC(Cl)=C(c2ccc(Cl)cc2)C1(Cl)c1ccc(Cl)cc1. The summed E-state index contributed by atoms with van der Waals surface area (Å²) in [4.78, 5) is -0.982. The normalized spacial score (nSPS) is 24.1. The van der Waals surface area contributed by atoms with Crippen LogP contribution < -0.4 is 5.73 Å². The van der Waals surface area contributed by atoms with E-state index in [4.69, 9.17) is 52.1 Å². The lowest BCUT2D eigenvalue weighted by atomic mass is 9.78. The van der Waals surface area contributed by atoms with Gasteiger partial charge in [0.2, 0.25) is 0 Å². The molecule has 0 radical (unpaired) electrons. The Kier molecular flexibility index (Phi) is 4.78. The predicted molar refractivity (Wildman–Crippen MR) is 100 cm³/mol. The highest BCUT2D eigenvalue weighted by Crippen LogP contribution is 2.49. The van der Waals surface area contributed by atoms with Crippen LogP contribution in [-0.2, 0) is 4.87 Å². The molecule has 2 N–H and O–H groups in total. The third kappa shape index (κ3) is 3.05. The Morgan fingerprint density at radius 3 is 1.91 bits per heavy atom. The van der Waals surface area contributed by atoms with Crippen molar-refractivity contribution in [2.24, 2.45) is 5.73 Å². The highest BCUT2D eigenvalue weighted by Gasteiger charge is 2.43. The molecular formula is C18H13Cl4N. The molecule has 0 aliphatic heterocycles. The molecule has 3 rings (SSSR count). The second-order valence-electron chi connectivity index (χ2n) is 5.33. The minimum Gasteiger partial charge on any atom is -0.322 e. The summed E-state index contributed by atoms with van der Waals surface area (Å²) in [6.45, 7) is 0. The van der Waals surface area contributed by atoms with Gasteiger partial charge in [0.15, 0.2) is 0 Å². The molecule has 0 heterocycles. The fraction of sp³-hybridized carbons (Fsp3) is 0.111. The predicted octanol–water partition coefficient (Wildman–Crippen LogP) is 5.97. The summed E-state index contributed by atoms with van der Waals surface area (Å²) in [7, 11) is 0. The molecule has 118 valence electrons. The van der Waals surface area contributed by atoms with E-state index in [-0.39, 0.29) is 0 Å². The highest BCUT2D eigenvalue weighted by molar-refractivity contribution is 6.40. The first-order valence-corrected chi connectivity index (χ1v) is 8.49. The first-order valence-electron chi connectivity index (χ1n) is 6.98. The van der Waals surface area contributed by atoms with Gasteiger partial charge >= 0.3 is 0 Å². The fourth-order valence-electron chi connectivity index (χ4n) is 2.74. The van der Waals surface area contributed by atoms with Crippen molar-refractivity contribution in [3.8, 4) is 0 Å². The van der Waals surface area contributed by atoms with Gasteiger partial charge in [0, 0.05) is 20.7 Å². The zero-order valence-electron chi connectivity index (χ0n) is 11.9. The van der Waals surface area contributed by atoms with Crippen molar-refractivity contribution in [2.75, 3.05) is 0 Å². The zero-order chi connectivity index (χ0) is 16.6. The topological polar surface area (TPSA) is 26.0 Å². The molecule has 0 fully saturated rings. The maximum atomic E-state index is 7.04. The Morgan fingerprint density at radius 1 is 0.826 bits per heavy atom. The van der Waals surface area contributed by atoms with E-state index in [2.05, 4.69) is 0 Å². The van der Waals surface area contributed by atoms with Crippen LogP contribution >= 0.6 is 46.4 Å². The van der Waals surface area contributed by atoms with Crippen molar-refractivity contribution in [3.05, 3.63) is 86.9 Å². The lowest BCUT2D eigenvalue weighted by molar-refractivity contribution is 0.661. The van der Waals surface area contributed by atoms with Crippen LogP contribution in [0.15, 0.2) is 65.7 Å². The van der Waals surface area contributed by atoms with Crippen LogP contribution in [0.4, 0.5) is 0 Å². The maximum absolute atomic E-state index is 7.04. The van der Waals surface area contributed by atoms with Gasteiger partial charge in [0.1, 0.15) is 4.87 Å². The largest absolute Gasteiger partial charge is 0.322 e. The first kappa shape index (κ1) is 16.9. The molecule has 0 amide bonds. The first-order chi connectivity index (χ1) is 10.9. The van der Waals surface area contributed by atoms with Gasteiger partial charge in [0.05, 0.1) is 6.04 Å². The standard InChI is InChI=1S/C18H13Cl4N/c19-13-5-1-11(2-6-13)17-15(21)9-10-16(23)18(17,22)12-3-7-14(20)8-4-12/h1-10,16H,23H2. The van der Waals surface area contributed by atoms with Crippen LogP contribution in [0.5, 0.6) is 0 Å². The second kappa shape index (κ2) is 6.51. The van der Waals surface area contributed by atoms with E-state index in [1.807, 2.05) is 30.3 Å². The van der Waals surface area contributed by atoms with Gasteiger partial charge in [0.25, 0.3) is 0 Å². The smallest absolute Gasteiger partial charge is 0.115 e. The van der Waals surface area contributed by atoms with Crippen molar-refractivity contribution < 1.29 is 0 Å². The van der Waals surface area contributed by atoms with Crippen LogP contribution in [0.3, 0.4) is 0 Å². The van der Waals surface area contributed by atoms with E-state index < -0.39 is 10.9 Å². The summed E-state index contributed by atoms with van der Waals surface area (Å²) >= 11 is 25.5. The van der Waals surface area contributed by atoms with E-state index in [1.165, 1.54) is 0 Å². The quantitative estimate of drug-likeness (QED) is 0.633. The minimum absolute atomic E-state index is 0.432. The summed E-state index contributed by atoms with van der Waals surface area (Å²) in [6, 6.07) is 14.3. The van der Waals surface area contributed by atoms with Gasteiger partial charge in [-0.25, -0.2) is 0 Å². The van der Waals surface area contributed by atoms with Gasteiger partial charge in [-0.05, 0) is 41.5 Å². The number of allylic oxidation sites excluding steroid dienone is 2. The summed E-state index contributed by atoms with van der Waals surface area (Å²) in [5.41, 5.74) is 8.81. The molecule has 2 aromatic carbocycles. The van der Waals surface area contributed by atoms with E-state index in [0.717, 1.165) is 16.7 Å². The van der Waals surface area contributed by atoms with E-state index in [1.54, 1.807) is 30.3 Å². The molecule has 0 bridgehead atoms. The lowest BCUT2D eigenvalue weighted by Gasteiger charge is -2.37. The molecule has 0 spiro atoms. The van der Waals surface area contributed by atoms with Crippen LogP contribution in [0.25, 0.3) is 5.57 Å². The Balaban J connectivity index is 2.21. The molecule has 23 heavy (non-hydrogen) atoms. The van der Waals surface area contributed by atoms with Crippen LogP contribution in [0.1, 0.15) is 11.1 Å². The summed E-state index contributed by atoms with van der Waals surface area (Å²) in [6.07, 6.45) is 3.59. The zero-order valence-corrected chi connectivity index (χ0v) is 15.0. The van der Waals surface area contributed by atoms with Gasteiger partial charge in [-0.2, -0.15) is 0 Å². The number of nitrogens with two attached hydrogens (primary N) is 1.